The van der Waals surface area contributed by atoms with Gasteiger partial charge in [-0.25, -0.2) is 4.99 Å². The number of aliphatic imine (C=N–C) groups is 1. The second kappa shape index (κ2) is 8.94. The summed E-state index contributed by atoms with van der Waals surface area (Å²) in [5, 5.41) is 6.72. The van der Waals surface area contributed by atoms with Crippen molar-refractivity contribution in [2.24, 2.45) is 12.0 Å². The van der Waals surface area contributed by atoms with Gasteiger partial charge in [0.15, 0.2) is 11.7 Å². The maximum absolute atomic E-state index is 13.1. The molecule has 0 spiro atoms. The number of aromatic nitrogens is 2. The van der Waals surface area contributed by atoms with Crippen molar-refractivity contribution in [3.63, 3.8) is 0 Å². The number of halogens is 4. The third kappa shape index (κ3) is 5.14. The summed E-state index contributed by atoms with van der Waals surface area (Å²) >= 11 is 0. The summed E-state index contributed by atoms with van der Waals surface area (Å²) in [5.74, 6) is 0.624. The van der Waals surface area contributed by atoms with Crippen molar-refractivity contribution in [3.05, 3.63) is 52.8 Å². The van der Waals surface area contributed by atoms with Gasteiger partial charge in [-0.2, -0.15) is 18.3 Å². The second-order valence-corrected chi connectivity index (χ2v) is 6.28. The highest BCUT2D eigenvalue weighted by atomic mass is 127. The van der Waals surface area contributed by atoms with E-state index in [-0.39, 0.29) is 36.1 Å². The number of aryl methyl sites for hydroxylation is 1. The van der Waals surface area contributed by atoms with Gasteiger partial charge in [0, 0.05) is 38.4 Å². The van der Waals surface area contributed by atoms with E-state index in [0.29, 0.717) is 19.0 Å². The fourth-order valence-corrected chi connectivity index (χ4v) is 3.15. The summed E-state index contributed by atoms with van der Waals surface area (Å²) in [7, 11) is 1.48. The van der Waals surface area contributed by atoms with Crippen LogP contribution in [0, 0.1) is 0 Å². The molecule has 1 aliphatic rings. The zero-order valence-corrected chi connectivity index (χ0v) is 17.6. The largest absolute Gasteiger partial charge is 0.435 e. The van der Waals surface area contributed by atoms with Gasteiger partial charge in [-0.1, -0.05) is 24.3 Å². The lowest BCUT2D eigenvalue weighted by atomic mass is 10.0. The average Bonchev–Trinajstić information content (AvgIpc) is 2.99. The fourth-order valence-electron chi connectivity index (χ4n) is 3.15. The van der Waals surface area contributed by atoms with Gasteiger partial charge < -0.3 is 10.2 Å². The molecular weight excluding hydrogens is 470 g/mol. The summed E-state index contributed by atoms with van der Waals surface area (Å²) in [6.45, 7) is 4.00. The Bertz CT molecular complexity index is 801. The standard InChI is InChI=1S/C18H22F3N5.HI/c1-3-22-17(26-9-8-13-6-4-5-7-14(13)12-26)23-10-15-11-25(2)24-16(15)18(19,20)21;/h4-7,11H,3,8-10,12H2,1-2H3,(H,22,23);1H. The van der Waals surface area contributed by atoms with Crippen LogP contribution in [0.5, 0.6) is 0 Å². The normalized spacial score (nSPS) is 14.6. The van der Waals surface area contributed by atoms with E-state index in [2.05, 4.69) is 32.4 Å². The van der Waals surface area contributed by atoms with Crippen LogP contribution in [0.4, 0.5) is 13.2 Å². The van der Waals surface area contributed by atoms with Crippen molar-refractivity contribution < 1.29 is 13.2 Å². The monoisotopic (exact) mass is 493 g/mol. The van der Waals surface area contributed by atoms with Gasteiger partial charge in [-0.15, -0.1) is 24.0 Å². The van der Waals surface area contributed by atoms with E-state index in [9.17, 15) is 13.2 Å². The molecule has 2 aromatic rings. The molecule has 2 heterocycles. The zero-order valence-electron chi connectivity index (χ0n) is 15.3. The van der Waals surface area contributed by atoms with Crippen LogP contribution in [0.25, 0.3) is 0 Å². The summed E-state index contributed by atoms with van der Waals surface area (Å²) in [4.78, 5) is 6.52. The first-order valence-electron chi connectivity index (χ1n) is 8.58. The van der Waals surface area contributed by atoms with Crippen molar-refractivity contribution in [3.8, 4) is 0 Å². The van der Waals surface area contributed by atoms with E-state index >= 15 is 0 Å². The Morgan fingerprint density at radius 2 is 1.96 bits per heavy atom. The maximum atomic E-state index is 13.1. The Labute approximate surface area is 173 Å². The predicted molar refractivity (Wildman–Crippen MR) is 109 cm³/mol. The molecule has 1 aromatic heterocycles. The third-order valence-corrected chi connectivity index (χ3v) is 4.34. The van der Waals surface area contributed by atoms with Crippen molar-refractivity contribution in [1.29, 1.82) is 0 Å². The molecule has 0 fully saturated rings. The fraction of sp³-hybridized carbons (Fsp3) is 0.444. The SMILES string of the molecule is CCNC(=NCc1cn(C)nc1C(F)(F)F)N1CCc2ccccc2C1.I. The molecule has 0 aliphatic carbocycles. The molecular formula is C18H23F3IN5. The maximum Gasteiger partial charge on any atom is 0.435 e. The van der Waals surface area contributed by atoms with Crippen molar-refractivity contribution in [1.82, 2.24) is 20.0 Å². The minimum Gasteiger partial charge on any atom is -0.356 e. The number of nitrogens with zero attached hydrogens (tertiary/aromatic N) is 4. The van der Waals surface area contributed by atoms with Gasteiger partial charge in [-0.3, -0.25) is 4.68 Å². The average molecular weight is 493 g/mol. The number of benzene rings is 1. The van der Waals surface area contributed by atoms with E-state index < -0.39 is 11.9 Å². The number of fused-ring (bicyclic) bond motifs is 1. The van der Waals surface area contributed by atoms with Crippen LogP contribution < -0.4 is 5.32 Å². The van der Waals surface area contributed by atoms with Gasteiger partial charge in [0.2, 0.25) is 0 Å². The van der Waals surface area contributed by atoms with Crippen LogP contribution >= 0.6 is 24.0 Å². The molecule has 3 rings (SSSR count). The molecule has 0 bridgehead atoms. The molecule has 1 aromatic carbocycles. The number of hydrogen-bond donors (Lipinski definition) is 1. The van der Waals surface area contributed by atoms with Crippen LogP contribution in [-0.4, -0.2) is 33.7 Å². The van der Waals surface area contributed by atoms with Gasteiger partial charge >= 0.3 is 6.18 Å². The zero-order chi connectivity index (χ0) is 18.7. The molecule has 0 saturated carbocycles. The number of hydrogen-bond acceptors (Lipinski definition) is 2. The first-order valence-corrected chi connectivity index (χ1v) is 8.58. The van der Waals surface area contributed by atoms with Crippen molar-refractivity contribution in [2.75, 3.05) is 13.1 Å². The Morgan fingerprint density at radius 1 is 1.26 bits per heavy atom. The number of guanidine groups is 1. The molecule has 0 amide bonds. The number of alkyl halides is 3. The molecule has 0 saturated heterocycles. The summed E-state index contributed by atoms with van der Waals surface area (Å²) < 4.78 is 40.5. The van der Waals surface area contributed by atoms with Gasteiger partial charge in [-0.05, 0) is 24.5 Å². The first-order chi connectivity index (χ1) is 12.4. The summed E-state index contributed by atoms with van der Waals surface area (Å²) in [5.41, 5.74) is 1.74. The highest BCUT2D eigenvalue weighted by Crippen LogP contribution is 2.31. The van der Waals surface area contributed by atoms with E-state index in [1.54, 1.807) is 0 Å². The molecule has 0 radical (unpaired) electrons. The van der Waals surface area contributed by atoms with Crippen LogP contribution in [0.3, 0.4) is 0 Å². The Kier molecular flexibility index (Phi) is 7.12. The molecule has 0 atom stereocenters. The van der Waals surface area contributed by atoms with Gasteiger partial charge in [0.1, 0.15) is 0 Å². The highest BCUT2D eigenvalue weighted by Gasteiger charge is 2.36. The summed E-state index contributed by atoms with van der Waals surface area (Å²) in [6, 6.07) is 8.21. The molecule has 1 N–H and O–H groups in total. The van der Waals surface area contributed by atoms with E-state index in [0.717, 1.165) is 13.0 Å². The quantitative estimate of drug-likeness (QED) is 0.404. The van der Waals surface area contributed by atoms with E-state index in [1.807, 2.05) is 19.1 Å². The molecule has 27 heavy (non-hydrogen) atoms. The van der Waals surface area contributed by atoms with Gasteiger partial charge in [0.25, 0.3) is 0 Å². The van der Waals surface area contributed by atoms with Crippen molar-refractivity contribution in [2.45, 2.75) is 32.6 Å². The predicted octanol–water partition coefficient (Wildman–Crippen LogP) is 3.58. The minimum atomic E-state index is -4.48. The van der Waals surface area contributed by atoms with Crippen LogP contribution in [0.1, 0.15) is 29.3 Å². The lowest BCUT2D eigenvalue weighted by molar-refractivity contribution is -0.142. The minimum absolute atomic E-state index is 0. The Hall–Kier alpha value is -1.78. The van der Waals surface area contributed by atoms with Crippen LogP contribution in [0.2, 0.25) is 0 Å². The first kappa shape index (κ1) is 21.5. The summed E-state index contributed by atoms with van der Waals surface area (Å²) in [6.07, 6.45) is -2.21. The second-order valence-electron chi connectivity index (χ2n) is 6.28. The number of rotatable bonds is 3. The van der Waals surface area contributed by atoms with Crippen LogP contribution in [0.15, 0.2) is 35.5 Å². The smallest absolute Gasteiger partial charge is 0.356 e. The molecule has 1 aliphatic heterocycles. The molecule has 148 valence electrons. The van der Waals surface area contributed by atoms with Gasteiger partial charge in [0.05, 0.1) is 6.54 Å². The topological polar surface area (TPSA) is 45.5 Å². The number of nitrogens with one attached hydrogen (secondary N) is 1. The lowest BCUT2D eigenvalue weighted by Crippen LogP contribution is -2.44. The van der Waals surface area contributed by atoms with E-state index in [4.69, 9.17) is 0 Å². The lowest BCUT2D eigenvalue weighted by Gasteiger charge is -2.31. The van der Waals surface area contributed by atoms with Crippen molar-refractivity contribution >= 4 is 29.9 Å². The molecule has 9 heteroatoms. The molecule has 5 nitrogen and oxygen atoms in total. The van der Waals surface area contributed by atoms with Crippen LogP contribution in [-0.2, 0) is 32.7 Å². The molecule has 0 unspecified atom stereocenters. The Morgan fingerprint density at radius 3 is 2.63 bits per heavy atom. The van der Waals surface area contributed by atoms with E-state index in [1.165, 1.54) is 29.1 Å². The Balaban J connectivity index is 0.00000261. The highest BCUT2D eigenvalue weighted by molar-refractivity contribution is 14.0. The third-order valence-electron chi connectivity index (χ3n) is 4.34.